The number of nitrogens with one attached hydrogen (secondary N) is 3. The molecule has 0 fully saturated rings. The highest BCUT2D eigenvalue weighted by Crippen LogP contribution is 2.07. The summed E-state index contributed by atoms with van der Waals surface area (Å²) in [6.45, 7) is 1.99. The van der Waals surface area contributed by atoms with Gasteiger partial charge in [-0.05, 0) is 12.5 Å². The standard InChI is InChI=1S/C11H12N4O2/c1-2-8-5-9(15-14-8)13-11(17)7-3-4-10(16)12-6-7/h3-6H,2H2,1H3,(H,12,16)(H2,13,14,15,17). The van der Waals surface area contributed by atoms with Crippen molar-refractivity contribution in [2.45, 2.75) is 13.3 Å². The topological polar surface area (TPSA) is 90.6 Å². The lowest BCUT2D eigenvalue weighted by molar-refractivity contribution is 0.102. The summed E-state index contributed by atoms with van der Waals surface area (Å²) in [6, 6.07) is 4.53. The Morgan fingerprint density at radius 2 is 2.29 bits per heavy atom. The smallest absolute Gasteiger partial charge is 0.258 e. The summed E-state index contributed by atoms with van der Waals surface area (Å²) < 4.78 is 0. The molecule has 0 spiro atoms. The molecule has 1 amide bonds. The molecule has 17 heavy (non-hydrogen) atoms. The van der Waals surface area contributed by atoms with E-state index in [0.29, 0.717) is 11.4 Å². The number of anilines is 1. The third-order valence-corrected chi connectivity index (χ3v) is 2.30. The number of hydrogen-bond donors (Lipinski definition) is 3. The molecule has 0 aliphatic heterocycles. The zero-order chi connectivity index (χ0) is 12.3. The van der Waals surface area contributed by atoms with Gasteiger partial charge in [-0.1, -0.05) is 6.92 Å². The van der Waals surface area contributed by atoms with Crippen molar-refractivity contribution in [1.82, 2.24) is 15.2 Å². The molecule has 0 saturated heterocycles. The molecule has 6 nitrogen and oxygen atoms in total. The molecule has 2 aromatic heterocycles. The van der Waals surface area contributed by atoms with Crippen LogP contribution in [0.4, 0.5) is 5.82 Å². The number of H-pyrrole nitrogens is 2. The Hall–Kier alpha value is -2.37. The maximum atomic E-state index is 11.7. The van der Waals surface area contributed by atoms with Crippen molar-refractivity contribution >= 4 is 11.7 Å². The van der Waals surface area contributed by atoms with E-state index in [0.717, 1.165) is 12.1 Å². The molecule has 0 aliphatic rings. The highest BCUT2D eigenvalue weighted by atomic mass is 16.2. The Balaban J connectivity index is 2.11. The van der Waals surface area contributed by atoms with E-state index in [1.165, 1.54) is 18.3 Å². The van der Waals surface area contributed by atoms with Gasteiger partial charge in [-0.15, -0.1) is 0 Å². The SMILES string of the molecule is CCc1cc(NC(=O)c2ccc(=O)[nH]c2)n[nH]1. The number of aromatic nitrogens is 3. The number of rotatable bonds is 3. The number of hydrogen-bond acceptors (Lipinski definition) is 3. The van der Waals surface area contributed by atoms with Gasteiger partial charge in [0.15, 0.2) is 5.82 Å². The second kappa shape index (κ2) is 4.65. The summed E-state index contributed by atoms with van der Waals surface area (Å²) >= 11 is 0. The molecule has 0 radical (unpaired) electrons. The van der Waals surface area contributed by atoms with E-state index >= 15 is 0 Å². The number of carbonyl (C=O) groups is 1. The number of aromatic amines is 2. The Morgan fingerprint density at radius 1 is 1.47 bits per heavy atom. The molecule has 0 aliphatic carbocycles. The Bertz CT molecular complexity index is 565. The average Bonchev–Trinajstić information content (AvgIpc) is 2.77. The summed E-state index contributed by atoms with van der Waals surface area (Å²) in [5.41, 5.74) is 1.09. The third-order valence-electron chi connectivity index (χ3n) is 2.30. The minimum atomic E-state index is -0.310. The fourth-order valence-corrected chi connectivity index (χ4v) is 1.35. The molecule has 6 heteroatoms. The van der Waals surface area contributed by atoms with E-state index in [1.54, 1.807) is 6.07 Å². The van der Waals surface area contributed by atoms with Gasteiger partial charge < -0.3 is 10.3 Å². The summed E-state index contributed by atoms with van der Waals surface area (Å²) in [5.74, 6) is 0.161. The molecule has 0 unspecified atom stereocenters. The van der Waals surface area contributed by atoms with E-state index in [9.17, 15) is 9.59 Å². The van der Waals surface area contributed by atoms with Gasteiger partial charge in [0.2, 0.25) is 5.56 Å². The normalized spacial score (nSPS) is 10.2. The van der Waals surface area contributed by atoms with E-state index < -0.39 is 0 Å². The zero-order valence-electron chi connectivity index (χ0n) is 9.28. The Morgan fingerprint density at radius 3 is 2.88 bits per heavy atom. The van der Waals surface area contributed by atoms with E-state index in [1.807, 2.05) is 6.92 Å². The van der Waals surface area contributed by atoms with Crippen LogP contribution < -0.4 is 10.9 Å². The van der Waals surface area contributed by atoms with Crippen molar-refractivity contribution in [3.63, 3.8) is 0 Å². The number of amides is 1. The first-order valence-corrected chi connectivity index (χ1v) is 5.23. The van der Waals surface area contributed by atoms with E-state index in [-0.39, 0.29) is 11.5 Å². The number of nitrogens with zero attached hydrogens (tertiary/aromatic N) is 1. The molecule has 3 N–H and O–H groups in total. The van der Waals surface area contributed by atoms with Crippen LogP contribution in [0, 0.1) is 0 Å². The second-order valence-electron chi connectivity index (χ2n) is 3.53. The van der Waals surface area contributed by atoms with Crippen molar-refractivity contribution < 1.29 is 4.79 Å². The predicted octanol–water partition coefficient (Wildman–Crippen LogP) is 0.913. The van der Waals surface area contributed by atoms with Crippen molar-refractivity contribution in [1.29, 1.82) is 0 Å². The lowest BCUT2D eigenvalue weighted by Crippen LogP contribution is -2.14. The van der Waals surface area contributed by atoms with Crippen molar-refractivity contribution in [3.8, 4) is 0 Å². The Labute approximate surface area is 97.1 Å². The van der Waals surface area contributed by atoms with Crippen LogP contribution in [-0.4, -0.2) is 21.1 Å². The molecule has 2 heterocycles. The van der Waals surface area contributed by atoms with Gasteiger partial charge >= 0.3 is 0 Å². The fraction of sp³-hybridized carbons (Fsp3) is 0.182. The summed E-state index contributed by atoms with van der Waals surface area (Å²) in [6.07, 6.45) is 2.19. The highest BCUT2D eigenvalue weighted by Gasteiger charge is 2.07. The maximum absolute atomic E-state index is 11.7. The Kier molecular flexibility index (Phi) is 3.04. The van der Waals surface area contributed by atoms with Crippen LogP contribution in [0.15, 0.2) is 29.2 Å². The molecule has 2 aromatic rings. The summed E-state index contributed by atoms with van der Waals surface area (Å²) in [5, 5.41) is 9.37. The number of carbonyl (C=O) groups excluding carboxylic acids is 1. The van der Waals surface area contributed by atoms with Crippen LogP contribution in [-0.2, 0) is 6.42 Å². The van der Waals surface area contributed by atoms with Gasteiger partial charge in [-0.25, -0.2) is 0 Å². The highest BCUT2D eigenvalue weighted by molar-refractivity contribution is 6.03. The van der Waals surface area contributed by atoms with Crippen LogP contribution in [0.25, 0.3) is 0 Å². The number of aryl methyl sites for hydroxylation is 1. The van der Waals surface area contributed by atoms with E-state index in [2.05, 4.69) is 20.5 Å². The maximum Gasteiger partial charge on any atom is 0.258 e. The van der Waals surface area contributed by atoms with Crippen molar-refractivity contribution in [3.05, 3.63) is 46.0 Å². The van der Waals surface area contributed by atoms with Crippen LogP contribution >= 0.6 is 0 Å². The second-order valence-corrected chi connectivity index (χ2v) is 3.53. The number of pyridine rings is 1. The van der Waals surface area contributed by atoms with E-state index in [4.69, 9.17) is 0 Å². The van der Waals surface area contributed by atoms with Gasteiger partial charge in [0.1, 0.15) is 0 Å². The quantitative estimate of drug-likeness (QED) is 0.734. The van der Waals surface area contributed by atoms with Crippen LogP contribution in [0.5, 0.6) is 0 Å². The zero-order valence-corrected chi connectivity index (χ0v) is 9.28. The molecule has 0 aromatic carbocycles. The third kappa shape index (κ3) is 2.60. The van der Waals surface area contributed by atoms with Gasteiger partial charge in [-0.2, -0.15) is 5.10 Å². The first-order valence-electron chi connectivity index (χ1n) is 5.23. The molecular weight excluding hydrogens is 220 g/mol. The van der Waals surface area contributed by atoms with Gasteiger partial charge in [0.05, 0.1) is 5.56 Å². The lowest BCUT2D eigenvalue weighted by Gasteiger charge is -2.00. The minimum absolute atomic E-state index is 0.241. The lowest BCUT2D eigenvalue weighted by atomic mass is 10.2. The van der Waals surface area contributed by atoms with Crippen molar-refractivity contribution in [2.24, 2.45) is 0 Å². The molecule has 88 valence electrons. The summed E-state index contributed by atoms with van der Waals surface area (Å²) in [4.78, 5) is 25.0. The molecular formula is C11H12N4O2. The molecule has 2 rings (SSSR count). The van der Waals surface area contributed by atoms with Gasteiger partial charge in [-0.3, -0.25) is 14.7 Å². The predicted molar refractivity (Wildman–Crippen MR) is 63.0 cm³/mol. The summed E-state index contributed by atoms with van der Waals surface area (Å²) in [7, 11) is 0. The average molecular weight is 232 g/mol. The van der Waals surface area contributed by atoms with Gasteiger partial charge in [0.25, 0.3) is 5.91 Å². The molecule has 0 saturated carbocycles. The van der Waals surface area contributed by atoms with Crippen LogP contribution in [0.1, 0.15) is 23.0 Å². The first-order chi connectivity index (χ1) is 8.19. The van der Waals surface area contributed by atoms with Gasteiger partial charge in [0, 0.05) is 24.0 Å². The van der Waals surface area contributed by atoms with Crippen LogP contribution in [0.3, 0.4) is 0 Å². The largest absolute Gasteiger partial charge is 0.328 e. The fourth-order valence-electron chi connectivity index (χ4n) is 1.35. The first kappa shape index (κ1) is 11.1. The molecule has 0 bridgehead atoms. The van der Waals surface area contributed by atoms with Crippen molar-refractivity contribution in [2.75, 3.05) is 5.32 Å². The van der Waals surface area contributed by atoms with Crippen LogP contribution in [0.2, 0.25) is 0 Å². The monoisotopic (exact) mass is 232 g/mol. The minimum Gasteiger partial charge on any atom is -0.328 e. The molecule has 0 atom stereocenters.